The molecule has 1 saturated carbocycles. The summed E-state index contributed by atoms with van der Waals surface area (Å²) in [6, 6.07) is 13.4. The summed E-state index contributed by atoms with van der Waals surface area (Å²) in [6.45, 7) is -0.425. The number of aliphatic hydroxyl groups excluding tert-OH is 2. The highest BCUT2D eigenvalue weighted by Gasteiger charge is 2.51. The van der Waals surface area contributed by atoms with E-state index in [0.29, 0.717) is 16.7 Å². The minimum Gasteiger partial charge on any atom is -0.511 e. The summed E-state index contributed by atoms with van der Waals surface area (Å²) in [5, 5.41) is 45.9. The van der Waals surface area contributed by atoms with Gasteiger partial charge >= 0.3 is 0 Å². The highest BCUT2D eigenvalue weighted by Crippen LogP contribution is 2.52. The van der Waals surface area contributed by atoms with Gasteiger partial charge in [0, 0.05) is 29.7 Å². The fourth-order valence-corrected chi connectivity index (χ4v) is 7.48. The second-order valence-corrected chi connectivity index (χ2v) is 12.1. The van der Waals surface area contributed by atoms with Gasteiger partial charge in [0.05, 0.1) is 34.1 Å². The Morgan fingerprint density at radius 1 is 0.936 bits per heavy atom. The highest BCUT2D eigenvalue weighted by atomic mass is 16.6. The van der Waals surface area contributed by atoms with Crippen molar-refractivity contribution < 1.29 is 44.2 Å². The fourth-order valence-electron chi connectivity index (χ4n) is 7.48. The molecule has 236 valence electrons. The Bertz CT molecular complexity index is 2060. The Kier molecular flexibility index (Phi) is 6.60. The zero-order chi connectivity index (χ0) is 33.5. The minimum absolute atomic E-state index is 0.0218. The number of fused-ring (bicyclic) bond motifs is 4. The number of non-ortho nitro benzene ring substituents is 1. The number of phenolic OH excluding ortho intramolecular Hbond substituents is 1. The largest absolute Gasteiger partial charge is 0.511 e. The Balaban J connectivity index is 1.41. The second kappa shape index (κ2) is 10.5. The molecule has 3 amide bonds. The number of rotatable bonds is 5. The first-order valence-corrected chi connectivity index (χ1v) is 14.7. The molecule has 3 atom stereocenters. The maximum absolute atomic E-state index is 13.9. The lowest BCUT2D eigenvalue weighted by Crippen LogP contribution is -2.44. The molecule has 0 spiro atoms. The third-order valence-corrected chi connectivity index (χ3v) is 9.54. The van der Waals surface area contributed by atoms with Crippen molar-refractivity contribution in [3.63, 3.8) is 0 Å². The Hall–Kier alpha value is -6.11. The van der Waals surface area contributed by atoms with Crippen molar-refractivity contribution in [2.75, 3.05) is 0 Å². The fraction of sp³-hybridized carbons (Fsp3) is 0.206. The number of aliphatic hydroxyl groups is 2. The summed E-state index contributed by atoms with van der Waals surface area (Å²) in [5.41, 5.74) is 5.57. The number of hydrogen-bond donors (Lipinski definition) is 4. The molecule has 1 heterocycles. The number of phenols is 1. The van der Waals surface area contributed by atoms with Crippen LogP contribution in [0.4, 0.5) is 5.69 Å². The molecule has 1 aliphatic heterocycles. The molecule has 0 aromatic heterocycles. The maximum atomic E-state index is 13.9. The number of nitro benzene ring substituents is 1. The molecule has 3 aliphatic carbocycles. The molecule has 1 unspecified atom stereocenters. The lowest BCUT2D eigenvalue weighted by molar-refractivity contribution is -0.384. The summed E-state index contributed by atoms with van der Waals surface area (Å²) in [6.07, 6.45) is -0.00866. The Morgan fingerprint density at radius 2 is 1.62 bits per heavy atom. The van der Waals surface area contributed by atoms with Crippen LogP contribution in [0.2, 0.25) is 0 Å². The average Bonchev–Trinajstić information content (AvgIpc) is 3.26. The van der Waals surface area contributed by atoms with Crippen LogP contribution < -0.4 is 5.73 Å². The number of aromatic hydroxyl groups is 1. The summed E-state index contributed by atoms with van der Waals surface area (Å²) in [7, 11) is 0. The highest BCUT2D eigenvalue weighted by molar-refractivity contribution is 6.22. The SMILES string of the molecule is NC(=O)C1=C(O)C2C(=O)C3=C(O)c4c(O)c(CN5C(=O)c6ccccc6C5=O)cc(-c5cccc([N+](=O)[O-])c5)c4C[C@H]3C[C@H]2CC1=O. The van der Waals surface area contributed by atoms with Gasteiger partial charge in [-0.2, -0.15) is 0 Å². The first-order valence-electron chi connectivity index (χ1n) is 14.7. The van der Waals surface area contributed by atoms with Gasteiger partial charge in [-0.1, -0.05) is 24.3 Å². The lowest BCUT2D eigenvalue weighted by Gasteiger charge is -2.41. The van der Waals surface area contributed by atoms with E-state index in [0.717, 1.165) is 4.90 Å². The van der Waals surface area contributed by atoms with E-state index in [1.54, 1.807) is 18.2 Å². The van der Waals surface area contributed by atoms with Gasteiger partial charge in [-0.05, 0) is 59.6 Å². The van der Waals surface area contributed by atoms with E-state index in [-0.39, 0.29) is 52.8 Å². The number of amides is 3. The normalized spacial score (nSPS) is 21.8. The van der Waals surface area contributed by atoms with Crippen molar-refractivity contribution in [2.45, 2.75) is 25.8 Å². The van der Waals surface area contributed by atoms with Crippen molar-refractivity contribution in [3.05, 3.63) is 109 Å². The van der Waals surface area contributed by atoms with Gasteiger partial charge < -0.3 is 21.1 Å². The van der Waals surface area contributed by atoms with Crippen LogP contribution in [0, 0.1) is 27.9 Å². The smallest absolute Gasteiger partial charge is 0.270 e. The van der Waals surface area contributed by atoms with Crippen LogP contribution in [-0.4, -0.2) is 54.4 Å². The van der Waals surface area contributed by atoms with Gasteiger partial charge in [0.25, 0.3) is 23.4 Å². The molecular formula is C34H25N3O10. The molecule has 7 rings (SSSR count). The van der Waals surface area contributed by atoms with Crippen molar-refractivity contribution in [1.82, 2.24) is 4.90 Å². The molecular weight excluding hydrogens is 610 g/mol. The molecule has 4 aliphatic rings. The number of ketones is 2. The van der Waals surface area contributed by atoms with Crippen molar-refractivity contribution in [2.24, 2.45) is 23.5 Å². The molecule has 13 nitrogen and oxygen atoms in total. The Labute approximate surface area is 265 Å². The number of Topliss-reactive ketones (excluding diaryl/α,β-unsaturated/α-hetero) is 2. The zero-order valence-electron chi connectivity index (χ0n) is 24.4. The Morgan fingerprint density at radius 3 is 2.26 bits per heavy atom. The lowest BCUT2D eigenvalue weighted by atomic mass is 9.61. The molecule has 5 N–H and O–H groups in total. The summed E-state index contributed by atoms with van der Waals surface area (Å²) >= 11 is 0. The van der Waals surface area contributed by atoms with Gasteiger partial charge in [-0.3, -0.25) is 39.0 Å². The maximum Gasteiger partial charge on any atom is 0.270 e. The topological polar surface area (TPSA) is 218 Å². The van der Waals surface area contributed by atoms with Crippen LogP contribution in [0.15, 0.2) is 71.5 Å². The van der Waals surface area contributed by atoms with E-state index in [1.807, 2.05) is 0 Å². The number of nitro groups is 1. The third-order valence-electron chi connectivity index (χ3n) is 9.54. The molecule has 0 bridgehead atoms. The van der Waals surface area contributed by atoms with Gasteiger partial charge in [0.1, 0.15) is 22.8 Å². The molecule has 13 heteroatoms. The average molecular weight is 636 g/mol. The first-order chi connectivity index (χ1) is 22.4. The van der Waals surface area contributed by atoms with Crippen LogP contribution in [0.3, 0.4) is 0 Å². The third kappa shape index (κ3) is 4.34. The van der Waals surface area contributed by atoms with Gasteiger partial charge in [0.15, 0.2) is 11.6 Å². The number of nitrogens with two attached hydrogens (primary N) is 1. The number of imide groups is 1. The van der Waals surface area contributed by atoms with E-state index in [1.165, 1.54) is 36.4 Å². The monoisotopic (exact) mass is 635 g/mol. The summed E-state index contributed by atoms with van der Waals surface area (Å²) in [4.78, 5) is 76.9. The number of benzene rings is 3. The van der Waals surface area contributed by atoms with E-state index in [9.17, 15) is 49.4 Å². The van der Waals surface area contributed by atoms with Crippen molar-refractivity contribution in [3.8, 4) is 16.9 Å². The van der Waals surface area contributed by atoms with Gasteiger partial charge in [0.2, 0.25) is 0 Å². The van der Waals surface area contributed by atoms with E-state index < -0.39 is 81.4 Å². The van der Waals surface area contributed by atoms with E-state index in [4.69, 9.17) is 5.73 Å². The summed E-state index contributed by atoms with van der Waals surface area (Å²) < 4.78 is 0. The quantitative estimate of drug-likeness (QED) is 0.138. The van der Waals surface area contributed by atoms with Crippen molar-refractivity contribution >= 4 is 40.7 Å². The van der Waals surface area contributed by atoms with Gasteiger partial charge in [-0.25, -0.2) is 0 Å². The second-order valence-electron chi connectivity index (χ2n) is 12.1. The zero-order valence-corrected chi connectivity index (χ0v) is 24.4. The predicted octanol–water partition coefficient (Wildman–Crippen LogP) is 3.68. The number of carbonyl (C=O) groups excluding carboxylic acids is 5. The van der Waals surface area contributed by atoms with Crippen LogP contribution in [0.1, 0.15) is 50.2 Å². The molecule has 3 aromatic rings. The van der Waals surface area contributed by atoms with Crippen LogP contribution >= 0.6 is 0 Å². The standard InChI is InChI=1S/C34H25N3O10/c35-32(43)27-23(38)12-16-8-15-10-22-21(14-4-3-5-18(9-14)37(46)47)11-17(13-36-33(44)19-6-1-2-7-20(19)34(36)45)28(39)26(22)30(41)24(15)29(40)25(16)31(27)42/h1-7,9,11,15-16,25,39,41-42H,8,10,12-13H2,(H2,35,43)/t15-,16+,25?/m1/s1. The van der Waals surface area contributed by atoms with Crippen LogP contribution in [-0.2, 0) is 27.3 Å². The molecule has 0 saturated heterocycles. The molecule has 3 aromatic carbocycles. The minimum atomic E-state index is -1.31. The molecule has 47 heavy (non-hydrogen) atoms. The molecule has 0 radical (unpaired) electrons. The number of carbonyl (C=O) groups is 5. The van der Waals surface area contributed by atoms with E-state index >= 15 is 0 Å². The van der Waals surface area contributed by atoms with Crippen molar-refractivity contribution in [1.29, 1.82) is 0 Å². The summed E-state index contributed by atoms with van der Waals surface area (Å²) in [5.74, 6) is -8.37. The van der Waals surface area contributed by atoms with Crippen LogP contribution in [0.5, 0.6) is 5.75 Å². The number of hydrogen-bond acceptors (Lipinski definition) is 10. The molecule has 1 fully saturated rings. The first kappa shape index (κ1) is 29.6. The predicted molar refractivity (Wildman–Crippen MR) is 163 cm³/mol. The number of allylic oxidation sites excluding steroid dienone is 2. The van der Waals surface area contributed by atoms with Crippen LogP contribution in [0.25, 0.3) is 16.9 Å². The van der Waals surface area contributed by atoms with Gasteiger partial charge in [-0.15, -0.1) is 0 Å². The number of primary amides is 1. The number of nitrogens with zero attached hydrogens (tertiary/aromatic N) is 2. The van der Waals surface area contributed by atoms with E-state index in [2.05, 4.69) is 0 Å².